The standard InChI is InChI=1S/C11H15N3O/c1-14-5-4-12-11(14)10(15)8-6-7-2-3-9(8)13-7/h4-5,7-9,13H,2-3,6H2,1H3. The number of imidazole rings is 1. The summed E-state index contributed by atoms with van der Waals surface area (Å²) in [5.41, 5.74) is 0. The lowest BCUT2D eigenvalue weighted by molar-refractivity contribution is 0.0887. The summed E-state index contributed by atoms with van der Waals surface area (Å²) in [4.78, 5) is 16.3. The van der Waals surface area contributed by atoms with Crippen LogP contribution in [0, 0.1) is 5.92 Å². The second-order valence-corrected chi connectivity index (χ2v) is 4.62. The van der Waals surface area contributed by atoms with Gasteiger partial charge in [0.05, 0.1) is 0 Å². The van der Waals surface area contributed by atoms with E-state index in [9.17, 15) is 4.79 Å². The summed E-state index contributed by atoms with van der Waals surface area (Å²) in [6.07, 6.45) is 6.89. The first-order chi connectivity index (χ1) is 7.25. The van der Waals surface area contributed by atoms with E-state index >= 15 is 0 Å². The number of aryl methyl sites for hydroxylation is 1. The summed E-state index contributed by atoms with van der Waals surface area (Å²) >= 11 is 0. The molecule has 1 aromatic rings. The van der Waals surface area contributed by atoms with Crippen LogP contribution in [0.4, 0.5) is 0 Å². The third-order valence-corrected chi connectivity index (χ3v) is 3.68. The van der Waals surface area contributed by atoms with Gasteiger partial charge in [0, 0.05) is 37.4 Å². The molecule has 3 rings (SSSR count). The SMILES string of the molecule is Cn1ccnc1C(=O)C1CC2CCC1N2. The Morgan fingerprint density at radius 1 is 1.60 bits per heavy atom. The topological polar surface area (TPSA) is 46.9 Å². The molecule has 15 heavy (non-hydrogen) atoms. The number of hydrogen-bond acceptors (Lipinski definition) is 3. The molecule has 2 saturated heterocycles. The number of fused-ring (bicyclic) bond motifs is 2. The first kappa shape index (κ1) is 9.09. The Balaban J connectivity index is 1.84. The smallest absolute Gasteiger partial charge is 0.202 e. The largest absolute Gasteiger partial charge is 0.332 e. The molecule has 0 amide bonds. The van der Waals surface area contributed by atoms with E-state index in [1.54, 1.807) is 6.20 Å². The first-order valence-corrected chi connectivity index (χ1v) is 5.53. The summed E-state index contributed by atoms with van der Waals surface area (Å²) in [5.74, 6) is 0.974. The van der Waals surface area contributed by atoms with Crippen molar-refractivity contribution in [1.82, 2.24) is 14.9 Å². The summed E-state index contributed by atoms with van der Waals surface area (Å²) in [5, 5.41) is 3.48. The van der Waals surface area contributed by atoms with Crippen LogP contribution < -0.4 is 5.32 Å². The third kappa shape index (κ3) is 1.32. The van der Waals surface area contributed by atoms with Crippen molar-refractivity contribution in [3.63, 3.8) is 0 Å². The van der Waals surface area contributed by atoms with Gasteiger partial charge in [-0.25, -0.2) is 4.98 Å². The average molecular weight is 205 g/mol. The summed E-state index contributed by atoms with van der Waals surface area (Å²) in [6.45, 7) is 0. The zero-order valence-corrected chi connectivity index (χ0v) is 8.81. The van der Waals surface area contributed by atoms with E-state index in [1.165, 1.54) is 6.42 Å². The minimum Gasteiger partial charge on any atom is -0.332 e. The van der Waals surface area contributed by atoms with Crippen molar-refractivity contribution >= 4 is 5.78 Å². The maximum absolute atomic E-state index is 12.2. The van der Waals surface area contributed by atoms with Gasteiger partial charge in [-0.05, 0) is 19.3 Å². The normalized spacial score (nSPS) is 33.5. The van der Waals surface area contributed by atoms with Gasteiger partial charge in [0.25, 0.3) is 0 Å². The lowest BCUT2D eigenvalue weighted by Crippen LogP contribution is -2.30. The molecule has 3 heterocycles. The van der Waals surface area contributed by atoms with Gasteiger partial charge >= 0.3 is 0 Å². The molecule has 80 valence electrons. The average Bonchev–Trinajstić information content (AvgIpc) is 2.91. The van der Waals surface area contributed by atoms with Crippen molar-refractivity contribution < 1.29 is 4.79 Å². The van der Waals surface area contributed by atoms with Crippen LogP contribution in [0.15, 0.2) is 12.4 Å². The summed E-state index contributed by atoms with van der Waals surface area (Å²) < 4.78 is 1.81. The molecule has 2 bridgehead atoms. The fourth-order valence-electron chi connectivity index (χ4n) is 2.88. The fourth-order valence-corrected chi connectivity index (χ4v) is 2.88. The van der Waals surface area contributed by atoms with Gasteiger partial charge < -0.3 is 9.88 Å². The zero-order valence-electron chi connectivity index (χ0n) is 8.81. The van der Waals surface area contributed by atoms with Gasteiger partial charge in [-0.15, -0.1) is 0 Å². The predicted octanol–water partition coefficient (Wildman–Crippen LogP) is 0.743. The van der Waals surface area contributed by atoms with Crippen LogP contribution in [0.25, 0.3) is 0 Å². The van der Waals surface area contributed by atoms with Gasteiger partial charge in [0.2, 0.25) is 5.78 Å². The van der Waals surface area contributed by atoms with E-state index in [1.807, 2.05) is 17.8 Å². The molecule has 2 fully saturated rings. The second kappa shape index (κ2) is 3.17. The van der Waals surface area contributed by atoms with Crippen LogP contribution in [0.3, 0.4) is 0 Å². The molecule has 4 heteroatoms. The van der Waals surface area contributed by atoms with Crippen LogP contribution in [-0.2, 0) is 7.05 Å². The van der Waals surface area contributed by atoms with Crippen molar-refractivity contribution in [1.29, 1.82) is 0 Å². The Bertz CT molecular complexity index is 398. The highest BCUT2D eigenvalue weighted by Crippen LogP contribution is 2.34. The Morgan fingerprint density at radius 2 is 2.47 bits per heavy atom. The van der Waals surface area contributed by atoms with Crippen molar-refractivity contribution in [2.24, 2.45) is 13.0 Å². The number of aromatic nitrogens is 2. The van der Waals surface area contributed by atoms with Gasteiger partial charge in [-0.3, -0.25) is 4.79 Å². The Hall–Kier alpha value is -1.16. The van der Waals surface area contributed by atoms with Crippen LogP contribution in [0.1, 0.15) is 29.9 Å². The van der Waals surface area contributed by atoms with Gasteiger partial charge in [0.1, 0.15) is 0 Å². The highest BCUT2D eigenvalue weighted by molar-refractivity contribution is 5.95. The molecule has 2 aliphatic heterocycles. The molecule has 0 spiro atoms. The van der Waals surface area contributed by atoms with Crippen molar-refractivity contribution in [3.8, 4) is 0 Å². The second-order valence-electron chi connectivity index (χ2n) is 4.62. The maximum atomic E-state index is 12.2. The number of nitrogens with zero attached hydrogens (tertiary/aromatic N) is 2. The third-order valence-electron chi connectivity index (χ3n) is 3.68. The Labute approximate surface area is 88.7 Å². The van der Waals surface area contributed by atoms with Crippen molar-refractivity contribution in [3.05, 3.63) is 18.2 Å². The number of carbonyl (C=O) groups is 1. The molecule has 4 nitrogen and oxygen atoms in total. The molecule has 1 N–H and O–H groups in total. The minimum absolute atomic E-state index is 0.157. The number of hydrogen-bond donors (Lipinski definition) is 1. The molecular formula is C11H15N3O. The summed E-state index contributed by atoms with van der Waals surface area (Å²) in [6, 6.07) is 0.975. The lowest BCUT2D eigenvalue weighted by atomic mass is 9.86. The van der Waals surface area contributed by atoms with Crippen LogP contribution in [0.5, 0.6) is 0 Å². The molecule has 3 atom stereocenters. The van der Waals surface area contributed by atoms with Crippen LogP contribution in [0.2, 0.25) is 0 Å². The van der Waals surface area contributed by atoms with Crippen molar-refractivity contribution in [2.45, 2.75) is 31.3 Å². The van der Waals surface area contributed by atoms with Crippen molar-refractivity contribution in [2.75, 3.05) is 0 Å². The van der Waals surface area contributed by atoms with E-state index in [0.29, 0.717) is 17.9 Å². The molecule has 0 radical (unpaired) electrons. The zero-order chi connectivity index (χ0) is 10.4. The quantitative estimate of drug-likeness (QED) is 0.724. The molecule has 1 aromatic heterocycles. The van der Waals surface area contributed by atoms with E-state index in [2.05, 4.69) is 10.3 Å². The maximum Gasteiger partial charge on any atom is 0.202 e. The number of ketones is 1. The molecule has 3 unspecified atom stereocenters. The number of rotatable bonds is 2. The first-order valence-electron chi connectivity index (χ1n) is 5.53. The van der Waals surface area contributed by atoms with Gasteiger partial charge in [-0.1, -0.05) is 0 Å². The van der Waals surface area contributed by atoms with E-state index in [-0.39, 0.29) is 11.7 Å². The van der Waals surface area contributed by atoms with E-state index < -0.39 is 0 Å². The van der Waals surface area contributed by atoms with Crippen LogP contribution in [-0.4, -0.2) is 27.4 Å². The van der Waals surface area contributed by atoms with E-state index in [0.717, 1.165) is 12.8 Å². The summed E-state index contributed by atoms with van der Waals surface area (Å²) in [7, 11) is 1.88. The Kier molecular flexibility index (Phi) is 1.92. The van der Waals surface area contributed by atoms with E-state index in [4.69, 9.17) is 0 Å². The monoisotopic (exact) mass is 205 g/mol. The predicted molar refractivity (Wildman–Crippen MR) is 55.6 cm³/mol. The lowest BCUT2D eigenvalue weighted by Gasteiger charge is -2.18. The Morgan fingerprint density at radius 3 is 3.00 bits per heavy atom. The molecular weight excluding hydrogens is 190 g/mol. The molecule has 0 aliphatic carbocycles. The molecule has 0 saturated carbocycles. The number of carbonyl (C=O) groups excluding carboxylic acids is 1. The highest BCUT2D eigenvalue weighted by atomic mass is 16.1. The molecule has 2 aliphatic rings. The highest BCUT2D eigenvalue weighted by Gasteiger charge is 2.43. The molecule has 0 aromatic carbocycles. The number of Topliss-reactive ketones (excluding diaryl/α,β-unsaturated/α-hetero) is 1. The van der Waals surface area contributed by atoms with Gasteiger partial charge in [-0.2, -0.15) is 0 Å². The van der Waals surface area contributed by atoms with Crippen LogP contribution >= 0.6 is 0 Å². The number of nitrogens with one attached hydrogen (secondary N) is 1. The van der Waals surface area contributed by atoms with Gasteiger partial charge in [0.15, 0.2) is 5.82 Å². The minimum atomic E-state index is 0.157. The fraction of sp³-hybridized carbons (Fsp3) is 0.636.